The Labute approximate surface area is 215 Å². The maximum atomic E-state index is 13.6. The predicted molar refractivity (Wildman–Crippen MR) is 148 cm³/mol. The van der Waals surface area contributed by atoms with E-state index in [1.165, 1.54) is 19.2 Å². The molecule has 1 heterocycles. The highest BCUT2D eigenvalue weighted by molar-refractivity contribution is 7.92. The lowest BCUT2D eigenvalue weighted by Crippen LogP contribution is -2.38. The zero-order valence-corrected chi connectivity index (χ0v) is 21.4. The molecular formula is C29H27N3O4S. The maximum Gasteiger partial charge on any atom is 0.264 e. The topological polar surface area (TPSA) is 80.6 Å². The van der Waals surface area contributed by atoms with Gasteiger partial charge in [-0.25, -0.2) is 8.42 Å². The quantitative estimate of drug-likeness (QED) is 0.290. The third-order valence-corrected chi connectivity index (χ3v) is 8.14. The minimum absolute atomic E-state index is 0.0683. The maximum absolute atomic E-state index is 13.6. The molecule has 0 bridgehead atoms. The molecule has 1 N–H and O–H groups in total. The number of fused-ring (bicyclic) bond motifs is 3. The normalized spacial score (nSPS) is 11.5. The molecule has 0 aliphatic carbocycles. The molecule has 0 radical (unpaired) electrons. The zero-order valence-electron chi connectivity index (χ0n) is 20.6. The van der Waals surface area contributed by atoms with Crippen LogP contribution in [0.25, 0.3) is 21.8 Å². The highest BCUT2D eigenvalue weighted by Crippen LogP contribution is 2.31. The van der Waals surface area contributed by atoms with Gasteiger partial charge in [0.1, 0.15) is 12.3 Å². The van der Waals surface area contributed by atoms with Crippen molar-refractivity contribution in [3.8, 4) is 5.75 Å². The number of ether oxygens (including phenoxy) is 1. The number of aryl methyl sites for hydroxylation is 1. The summed E-state index contributed by atoms with van der Waals surface area (Å²) < 4.78 is 35.7. The molecule has 7 nitrogen and oxygen atoms in total. The first kappa shape index (κ1) is 24.4. The number of aromatic nitrogens is 1. The molecule has 0 aliphatic rings. The standard InChI is InChI=1S/C29H27N3O4S/c1-3-31-27-12-8-7-11-25(27)26-19-21(13-18-28(26)31)30-29(33)20-32(22-9-5-4-6-10-22)37(34,35)24-16-14-23(36-2)15-17-24/h4-19H,3,20H2,1-2H3,(H,30,33). The minimum Gasteiger partial charge on any atom is -0.497 e. The number of sulfonamides is 1. The lowest BCUT2D eigenvalue weighted by Gasteiger charge is -2.24. The molecule has 5 aromatic rings. The van der Waals surface area contributed by atoms with E-state index >= 15 is 0 Å². The fraction of sp³-hybridized carbons (Fsp3) is 0.138. The van der Waals surface area contributed by atoms with E-state index in [2.05, 4.69) is 28.9 Å². The highest BCUT2D eigenvalue weighted by Gasteiger charge is 2.27. The molecule has 0 atom stereocenters. The Morgan fingerprint density at radius 1 is 0.865 bits per heavy atom. The lowest BCUT2D eigenvalue weighted by molar-refractivity contribution is -0.114. The SMILES string of the molecule is CCn1c2ccccc2c2cc(NC(=O)CN(c3ccccc3)S(=O)(=O)c3ccc(OC)cc3)ccc21. The number of amides is 1. The molecule has 188 valence electrons. The van der Waals surface area contributed by atoms with E-state index < -0.39 is 15.9 Å². The second kappa shape index (κ2) is 9.99. The number of anilines is 2. The van der Waals surface area contributed by atoms with Gasteiger partial charge in [0, 0.05) is 34.0 Å². The van der Waals surface area contributed by atoms with E-state index in [1.807, 2.05) is 30.3 Å². The zero-order chi connectivity index (χ0) is 26.0. The average Bonchev–Trinajstić information content (AvgIpc) is 3.25. The second-order valence-electron chi connectivity index (χ2n) is 8.56. The summed E-state index contributed by atoms with van der Waals surface area (Å²) in [7, 11) is -2.50. The van der Waals surface area contributed by atoms with Crippen molar-refractivity contribution >= 4 is 49.1 Å². The van der Waals surface area contributed by atoms with Gasteiger partial charge in [-0.1, -0.05) is 36.4 Å². The first-order chi connectivity index (χ1) is 17.9. The summed E-state index contributed by atoms with van der Waals surface area (Å²) in [6.45, 7) is 2.54. The van der Waals surface area contributed by atoms with Crippen LogP contribution in [0.5, 0.6) is 5.75 Å². The van der Waals surface area contributed by atoms with Crippen molar-refractivity contribution in [3.63, 3.8) is 0 Å². The van der Waals surface area contributed by atoms with Gasteiger partial charge in [0.15, 0.2) is 0 Å². The Morgan fingerprint density at radius 3 is 2.24 bits per heavy atom. The Morgan fingerprint density at radius 2 is 1.54 bits per heavy atom. The van der Waals surface area contributed by atoms with Gasteiger partial charge in [0.25, 0.3) is 10.0 Å². The molecule has 0 fully saturated rings. The second-order valence-corrected chi connectivity index (χ2v) is 10.4. The van der Waals surface area contributed by atoms with Crippen molar-refractivity contribution in [2.24, 2.45) is 0 Å². The molecule has 1 amide bonds. The number of hydrogen-bond donors (Lipinski definition) is 1. The molecule has 0 aliphatic heterocycles. The summed E-state index contributed by atoms with van der Waals surface area (Å²) in [5, 5.41) is 5.02. The van der Waals surface area contributed by atoms with Crippen LogP contribution in [0, 0.1) is 0 Å². The predicted octanol–water partition coefficient (Wildman–Crippen LogP) is 5.66. The monoisotopic (exact) mass is 513 g/mol. The van der Waals surface area contributed by atoms with Crippen LogP contribution in [-0.2, 0) is 21.4 Å². The van der Waals surface area contributed by atoms with E-state index in [4.69, 9.17) is 4.74 Å². The lowest BCUT2D eigenvalue weighted by atomic mass is 10.1. The third kappa shape index (κ3) is 4.63. The largest absolute Gasteiger partial charge is 0.497 e. The van der Waals surface area contributed by atoms with Crippen LogP contribution in [0.1, 0.15) is 6.92 Å². The summed E-state index contributed by atoms with van der Waals surface area (Å²) in [5.74, 6) is 0.0993. The van der Waals surface area contributed by atoms with Gasteiger partial charge in [-0.05, 0) is 67.6 Å². The first-order valence-electron chi connectivity index (χ1n) is 11.9. The van der Waals surface area contributed by atoms with Crippen molar-refractivity contribution < 1.29 is 17.9 Å². The van der Waals surface area contributed by atoms with Crippen LogP contribution >= 0.6 is 0 Å². The van der Waals surface area contributed by atoms with Gasteiger partial charge >= 0.3 is 0 Å². The molecule has 5 rings (SSSR count). The number of nitrogens with one attached hydrogen (secondary N) is 1. The van der Waals surface area contributed by atoms with Crippen LogP contribution in [0.2, 0.25) is 0 Å². The van der Waals surface area contributed by atoms with Gasteiger partial charge in [0.2, 0.25) is 5.91 Å². The van der Waals surface area contributed by atoms with Crippen LogP contribution in [0.15, 0.2) is 102 Å². The number of methoxy groups -OCH3 is 1. The third-order valence-electron chi connectivity index (χ3n) is 6.35. The van der Waals surface area contributed by atoms with E-state index in [9.17, 15) is 13.2 Å². The van der Waals surface area contributed by atoms with Crippen molar-refractivity contribution in [3.05, 3.63) is 97.1 Å². The van der Waals surface area contributed by atoms with Gasteiger partial charge in [-0.2, -0.15) is 0 Å². The number of hydrogen-bond acceptors (Lipinski definition) is 4. The fourth-order valence-electron chi connectivity index (χ4n) is 4.59. The average molecular weight is 514 g/mol. The van der Waals surface area contributed by atoms with Crippen LogP contribution in [0.3, 0.4) is 0 Å². The van der Waals surface area contributed by atoms with E-state index in [1.54, 1.807) is 42.5 Å². The van der Waals surface area contributed by atoms with Crippen molar-refractivity contribution in [2.75, 3.05) is 23.3 Å². The first-order valence-corrected chi connectivity index (χ1v) is 13.4. The molecule has 37 heavy (non-hydrogen) atoms. The molecule has 0 saturated carbocycles. The number of benzene rings is 4. The van der Waals surface area contributed by atoms with Crippen molar-refractivity contribution in [2.45, 2.75) is 18.4 Å². The summed E-state index contributed by atoms with van der Waals surface area (Å²) in [4.78, 5) is 13.3. The van der Waals surface area contributed by atoms with Gasteiger partial charge in [0.05, 0.1) is 17.7 Å². The Bertz CT molecular complexity index is 1680. The van der Waals surface area contributed by atoms with Crippen molar-refractivity contribution in [1.82, 2.24) is 4.57 Å². The Balaban J connectivity index is 1.46. The Kier molecular flexibility index (Phi) is 6.58. The summed E-state index contributed by atoms with van der Waals surface area (Å²) in [5.41, 5.74) is 3.21. The minimum atomic E-state index is -4.02. The molecule has 0 spiro atoms. The van der Waals surface area contributed by atoms with Gasteiger partial charge in [-0.15, -0.1) is 0 Å². The van der Waals surface area contributed by atoms with E-state index in [0.717, 1.165) is 32.7 Å². The number of carbonyl (C=O) groups is 1. The van der Waals surface area contributed by atoms with E-state index in [0.29, 0.717) is 17.1 Å². The smallest absolute Gasteiger partial charge is 0.264 e. The highest BCUT2D eigenvalue weighted by atomic mass is 32.2. The van der Waals surface area contributed by atoms with Crippen LogP contribution in [0.4, 0.5) is 11.4 Å². The van der Waals surface area contributed by atoms with Gasteiger partial charge < -0.3 is 14.6 Å². The summed E-state index contributed by atoms with van der Waals surface area (Å²) >= 11 is 0. The van der Waals surface area contributed by atoms with E-state index in [-0.39, 0.29) is 11.4 Å². The van der Waals surface area contributed by atoms with Crippen LogP contribution < -0.4 is 14.4 Å². The number of rotatable bonds is 8. The van der Waals surface area contributed by atoms with Crippen LogP contribution in [-0.4, -0.2) is 32.5 Å². The van der Waals surface area contributed by atoms with Gasteiger partial charge in [-0.3, -0.25) is 9.10 Å². The molecule has 4 aromatic carbocycles. The summed E-state index contributed by atoms with van der Waals surface area (Å²) in [6, 6.07) is 28.6. The molecule has 8 heteroatoms. The number of carbonyl (C=O) groups excluding carboxylic acids is 1. The molecule has 1 aromatic heterocycles. The number of nitrogens with zero attached hydrogens (tertiary/aromatic N) is 2. The molecule has 0 unspecified atom stereocenters. The summed E-state index contributed by atoms with van der Waals surface area (Å²) in [6.07, 6.45) is 0. The molecular weight excluding hydrogens is 486 g/mol. The van der Waals surface area contributed by atoms with Crippen molar-refractivity contribution in [1.29, 1.82) is 0 Å². The fourth-order valence-corrected chi connectivity index (χ4v) is 6.01. The number of para-hydroxylation sites is 2. The molecule has 0 saturated heterocycles. The Hall–Kier alpha value is -4.30.